The quantitative estimate of drug-likeness (QED) is 0.615. The average Bonchev–Trinajstić information content (AvgIpc) is 2.05. The first-order valence-electron chi connectivity index (χ1n) is 3.15. The minimum Gasteiger partial charge on any atom is -0.384 e. The number of hydrogen-bond donors (Lipinski definition) is 3. The molecule has 1 heterocycles. The number of aromatic amines is 1. The topological polar surface area (TPSA) is 93.6 Å². The van der Waals surface area contributed by atoms with Gasteiger partial charge in [0.2, 0.25) is 5.95 Å². The number of hydrogen-bond acceptors (Lipinski definition) is 4. The largest absolute Gasteiger partial charge is 0.384 e. The number of H-pyrrole nitrogens is 1. The molecule has 0 radical (unpaired) electrons. The van der Waals surface area contributed by atoms with Crippen molar-refractivity contribution in [1.29, 1.82) is 0 Å². The predicted octanol–water partition coefficient (Wildman–Crippen LogP) is 0.856. The van der Waals surface area contributed by atoms with E-state index in [0.717, 1.165) is 0 Å². The maximum atomic E-state index is 5.44. The fourth-order valence-electron chi connectivity index (χ4n) is 0.574. The zero-order valence-corrected chi connectivity index (χ0v) is 7.75. The number of nitrogens with one attached hydrogen (secondary N) is 1. The molecule has 0 aliphatic carbocycles. The minimum atomic E-state index is 0.0874. The van der Waals surface area contributed by atoms with Crippen LogP contribution in [-0.2, 0) is 0 Å². The molecule has 6 heteroatoms. The van der Waals surface area contributed by atoms with E-state index in [-0.39, 0.29) is 5.95 Å². The molecule has 12 heavy (non-hydrogen) atoms. The molecule has 0 atom stereocenters. The molecule has 0 fully saturated rings. The Balaban J connectivity index is 3.33. The Labute approximate surface area is 77.6 Å². The van der Waals surface area contributed by atoms with Gasteiger partial charge in [-0.2, -0.15) is 4.98 Å². The molecule has 1 aromatic rings. The van der Waals surface area contributed by atoms with Crippen molar-refractivity contribution in [2.75, 3.05) is 11.5 Å². The fraction of sp³-hybridized carbons (Fsp3) is 0. The summed E-state index contributed by atoms with van der Waals surface area (Å²) >= 11 is 3.20. The Morgan fingerprint density at radius 2 is 2.08 bits per heavy atom. The summed E-state index contributed by atoms with van der Waals surface area (Å²) in [5.74, 6) is 0.404. The summed E-state index contributed by atoms with van der Waals surface area (Å²) in [7, 11) is 0. The Bertz CT molecular complexity index is 320. The highest BCUT2D eigenvalue weighted by Gasteiger charge is 1.84. The van der Waals surface area contributed by atoms with Crippen LogP contribution in [0.5, 0.6) is 0 Å². The minimum absolute atomic E-state index is 0.0874. The Morgan fingerprint density at radius 1 is 1.33 bits per heavy atom. The lowest BCUT2D eigenvalue weighted by Crippen LogP contribution is -1.95. The first kappa shape index (κ1) is 8.79. The first-order chi connectivity index (χ1) is 5.68. The third-order valence-electron chi connectivity index (χ3n) is 1.03. The van der Waals surface area contributed by atoms with Crippen molar-refractivity contribution in [3.8, 4) is 0 Å². The molecule has 5 nitrogen and oxygen atoms in total. The van der Waals surface area contributed by atoms with Gasteiger partial charge in [0.25, 0.3) is 0 Å². The molecule has 0 aliphatic heterocycles. The normalized spacial score (nSPS) is 9.08. The molecular formula is C6H8BrN5. The van der Waals surface area contributed by atoms with Gasteiger partial charge in [-0.15, -0.1) is 5.10 Å². The van der Waals surface area contributed by atoms with Crippen molar-refractivity contribution in [2.24, 2.45) is 0 Å². The molecule has 0 spiro atoms. The Hall–Kier alpha value is -1.30. The van der Waals surface area contributed by atoms with Gasteiger partial charge in [0.15, 0.2) is 0 Å². The van der Waals surface area contributed by atoms with E-state index in [2.05, 4.69) is 31.1 Å². The lowest BCUT2D eigenvalue weighted by atomic mass is 10.5. The first-order valence-corrected chi connectivity index (χ1v) is 3.95. The molecule has 0 saturated carbocycles. The van der Waals surface area contributed by atoms with Crippen LogP contribution in [0, 0.1) is 0 Å². The van der Waals surface area contributed by atoms with Crippen molar-refractivity contribution in [2.45, 2.75) is 0 Å². The third kappa shape index (κ3) is 2.75. The van der Waals surface area contributed by atoms with Crippen molar-refractivity contribution in [1.82, 2.24) is 15.2 Å². The highest BCUT2D eigenvalue weighted by Crippen LogP contribution is 2.00. The highest BCUT2D eigenvalue weighted by atomic mass is 79.9. The van der Waals surface area contributed by atoms with Gasteiger partial charge in [0.05, 0.1) is 4.60 Å². The third-order valence-corrected chi connectivity index (χ3v) is 1.47. The summed E-state index contributed by atoms with van der Waals surface area (Å²) in [6.07, 6.45) is 0. The van der Waals surface area contributed by atoms with E-state index >= 15 is 0 Å². The zero-order valence-electron chi connectivity index (χ0n) is 6.16. The second-order valence-corrected chi connectivity index (χ2v) is 2.85. The molecule has 0 saturated heterocycles. The number of nitrogens with two attached hydrogens (primary N) is 2. The van der Waals surface area contributed by atoms with Gasteiger partial charge in [0, 0.05) is 0 Å². The number of aromatic nitrogens is 3. The standard InChI is InChI=1S/C6H8BrN5/c7-4-2-1-3-5(8)10-6(9)12-11-4/h1-3,11H,(H4,8,9,10,12). The summed E-state index contributed by atoms with van der Waals surface area (Å²) in [5.41, 5.74) is 10.8. The summed E-state index contributed by atoms with van der Waals surface area (Å²) in [4.78, 5) is 3.75. The van der Waals surface area contributed by atoms with Crippen LogP contribution in [0.15, 0.2) is 22.8 Å². The van der Waals surface area contributed by atoms with Crippen LogP contribution < -0.4 is 11.5 Å². The highest BCUT2D eigenvalue weighted by molar-refractivity contribution is 9.10. The summed E-state index contributed by atoms with van der Waals surface area (Å²) < 4.78 is 0.687. The maximum Gasteiger partial charge on any atom is 0.239 e. The second-order valence-electron chi connectivity index (χ2n) is 1.99. The van der Waals surface area contributed by atoms with Crippen molar-refractivity contribution in [3.05, 3.63) is 22.8 Å². The van der Waals surface area contributed by atoms with Crippen LogP contribution in [0.4, 0.5) is 11.8 Å². The van der Waals surface area contributed by atoms with Gasteiger partial charge >= 0.3 is 0 Å². The second kappa shape index (κ2) is 3.91. The fourth-order valence-corrected chi connectivity index (χ4v) is 0.815. The number of rotatable bonds is 0. The molecule has 0 amide bonds. The van der Waals surface area contributed by atoms with Crippen LogP contribution in [0.3, 0.4) is 0 Å². The average molecular weight is 230 g/mol. The molecule has 0 bridgehead atoms. The number of nitrogen functional groups attached to an aromatic ring is 2. The monoisotopic (exact) mass is 229 g/mol. The Morgan fingerprint density at radius 3 is 2.83 bits per heavy atom. The van der Waals surface area contributed by atoms with Gasteiger partial charge in [-0.05, 0) is 28.1 Å². The Kier molecular flexibility index (Phi) is 2.87. The molecule has 5 N–H and O–H groups in total. The zero-order chi connectivity index (χ0) is 8.97. The maximum absolute atomic E-state index is 5.44. The SMILES string of the molecule is Nc1cccc(Br)[nH]nc(N)n1. The van der Waals surface area contributed by atoms with E-state index in [0.29, 0.717) is 10.4 Å². The molecule has 0 aliphatic rings. The smallest absolute Gasteiger partial charge is 0.239 e. The van der Waals surface area contributed by atoms with E-state index in [1.165, 1.54) is 0 Å². The van der Waals surface area contributed by atoms with E-state index in [1.54, 1.807) is 18.2 Å². The molecule has 1 aromatic heterocycles. The van der Waals surface area contributed by atoms with Crippen LogP contribution in [0.2, 0.25) is 0 Å². The molecule has 1 rings (SSSR count). The lowest BCUT2D eigenvalue weighted by Gasteiger charge is -1.84. The predicted molar refractivity (Wildman–Crippen MR) is 50.5 cm³/mol. The summed E-state index contributed by atoms with van der Waals surface area (Å²) in [6, 6.07) is 5.09. The number of anilines is 2. The van der Waals surface area contributed by atoms with Gasteiger partial charge < -0.3 is 11.5 Å². The lowest BCUT2D eigenvalue weighted by molar-refractivity contribution is 1.01. The van der Waals surface area contributed by atoms with Gasteiger partial charge in [-0.1, -0.05) is 6.07 Å². The summed E-state index contributed by atoms with van der Waals surface area (Å²) in [6.45, 7) is 0. The molecule has 0 aromatic carbocycles. The van der Waals surface area contributed by atoms with E-state index in [1.807, 2.05) is 0 Å². The number of nitrogens with zero attached hydrogens (tertiary/aromatic N) is 2. The number of halogens is 1. The van der Waals surface area contributed by atoms with Crippen LogP contribution in [-0.4, -0.2) is 15.2 Å². The van der Waals surface area contributed by atoms with E-state index in [4.69, 9.17) is 11.5 Å². The van der Waals surface area contributed by atoms with Crippen molar-refractivity contribution in [3.63, 3.8) is 0 Å². The van der Waals surface area contributed by atoms with Crippen LogP contribution >= 0.6 is 15.9 Å². The van der Waals surface area contributed by atoms with Crippen LogP contribution in [0.25, 0.3) is 0 Å². The van der Waals surface area contributed by atoms with Crippen molar-refractivity contribution < 1.29 is 0 Å². The van der Waals surface area contributed by atoms with Crippen molar-refractivity contribution >= 4 is 27.7 Å². The van der Waals surface area contributed by atoms with E-state index < -0.39 is 0 Å². The van der Waals surface area contributed by atoms with Gasteiger partial charge in [-0.25, -0.2) is 0 Å². The molecule has 64 valence electrons. The molecule has 0 unspecified atom stereocenters. The summed E-state index contributed by atoms with van der Waals surface area (Å²) in [5, 5.41) is 6.32. The van der Waals surface area contributed by atoms with Gasteiger partial charge in [0.1, 0.15) is 5.82 Å². The molecular weight excluding hydrogens is 222 g/mol. The van der Waals surface area contributed by atoms with Gasteiger partial charge in [-0.3, -0.25) is 5.10 Å². The van der Waals surface area contributed by atoms with Crippen LogP contribution in [0.1, 0.15) is 0 Å². The van der Waals surface area contributed by atoms with E-state index in [9.17, 15) is 0 Å².